The number of rotatable bonds is 5. The third kappa shape index (κ3) is 4.61. The van der Waals surface area contributed by atoms with Gasteiger partial charge in [0.25, 0.3) is 0 Å². The van der Waals surface area contributed by atoms with E-state index in [0.717, 1.165) is 6.07 Å². The summed E-state index contributed by atoms with van der Waals surface area (Å²) in [5.74, 6) is -0.743. The van der Waals surface area contributed by atoms with E-state index >= 15 is 0 Å². The lowest BCUT2D eigenvalue weighted by Crippen LogP contribution is -2.60. The molecular weight excluding hydrogens is 384 g/mol. The topological polar surface area (TPSA) is 160 Å². The first kappa shape index (κ1) is 20.9. The van der Waals surface area contributed by atoms with E-state index in [4.69, 9.17) is 9.47 Å². The Labute approximate surface area is 165 Å². The lowest BCUT2D eigenvalue weighted by molar-refractivity contribution is -0.277. The molecule has 3 rings (SSSR count). The maximum atomic E-state index is 10.2. The molecule has 1 aliphatic rings. The predicted molar refractivity (Wildman–Crippen MR) is 101 cm³/mol. The molecule has 1 aliphatic heterocycles. The summed E-state index contributed by atoms with van der Waals surface area (Å²) < 4.78 is 10.8. The maximum absolute atomic E-state index is 10.2. The Kier molecular flexibility index (Phi) is 6.26. The molecule has 5 unspecified atom stereocenters. The standard InChI is InChI=1S/C20H22O9/c21-9-15-16(25)17(26)18(27)20(28-15)29-19-11(7-13(23)8-14(19)24)4-1-10-2-5-12(22)6-3-10/h1-8,15-18,20-27H,9H2/b4-1-. The second-order valence-corrected chi connectivity index (χ2v) is 6.62. The molecule has 0 bridgehead atoms. The SMILES string of the molecule is OCC1OC(Oc2c(O)cc(O)cc2/C=C\c2ccc(O)cc2)C(O)C(O)C1O. The fourth-order valence-electron chi connectivity index (χ4n) is 2.92. The van der Waals surface area contributed by atoms with Crippen LogP contribution in [-0.4, -0.2) is 73.1 Å². The van der Waals surface area contributed by atoms with Gasteiger partial charge in [0, 0.05) is 11.6 Å². The summed E-state index contributed by atoms with van der Waals surface area (Å²) in [7, 11) is 0. The molecule has 0 spiro atoms. The van der Waals surface area contributed by atoms with Crippen molar-refractivity contribution in [3.8, 4) is 23.0 Å². The summed E-state index contributed by atoms with van der Waals surface area (Å²) in [5, 5.41) is 68.5. The number of benzene rings is 2. The van der Waals surface area contributed by atoms with Crippen molar-refractivity contribution in [2.75, 3.05) is 6.61 Å². The minimum absolute atomic E-state index is 0.101. The molecule has 0 radical (unpaired) electrons. The van der Waals surface area contributed by atoms with Crippen molar-refractivity contribution in [1.29, 1.82) is 0 Å². The summed E-state index contributed by atoms with van der Waals surface area (Å²) >= 11 is 0. The number of phenols is 3. The number of hydrogen-bond donors (Lipinski definition) is 7. The lowest BCUT2D eigenvalue weighted by Gasteiger charge is -2.39. The van der Waals surface area contributed by atoms with Gasteiger partial charge in [0.05, 0.1) is 6.61 Å². The summed E-state index contributed by atoms with van der Waals surface area (Å²) in [6.45, 7) is -0.625. The summed E-state index contributed by atoms with van der Waals surface area (Å²) in [5.41, 5.74) is 0.942. The van der Waals surface area contributed by atoms with Crippen molar-refractivity contribution in [1.82, 2.24) is 0 Å². The molecule has 1 heterocycles. The van der Waals surface area contributed by atoms with Crippen molar-refractivity contribution in [3.05, 3.63) is 47.5 Å². The van der Waals surface area contributed by atoms with E-state index < -0.39 is 43.1 Å². The third-order valence-corrected chi connectivity index (χ3v) is 4.51. The molecule has 1 fully saturated rings. The first-order valence-electron chi connectivity index (χ1n) is 8.80. The van der Waals surface area contributed by atoms with Crippen molar-refractivity contribution in [3.63, 3.8) is 0 Å². The van der Waals surface area contributed by atoms with Crippen LogP contribution in [0.2, 0.25) is 0 Å². The number of aliphatic hydroxyl groups excluding tert-OH is 4. The summed E-state index contributed by atoms with van der Waals surface area (Å²) in [6, 6.07) is 8.60. The third-order valence-electron chi connectivity index (χ3n) is 4.51. The van der Waals surface area contributed by atoms with Gasteiger partial charge in [0.2, 0.25) is 6.29 Å². The Bertz CT molecular complexity index is 863. The highest BCUT2D eigenvalue weighted by Gasteiger charge is 2.45. The average Bonchev–Trinajstić information content (AvgIpc) is 2.69. The van der Waals surface area contributed by atoms with E-state index in [1.807, 2.05) is 0 Å². The lowest BCUT2D eigenvalue weighted by atomic mass is 9.99. The molecule has 0 aromatic heterocycles. The number of phenolic OH excluding ortho intramolecular Hbond substituents is 3. The minimum Gasteiger partial charge on any atom is -0.508 e. The van der Waals surface area contributed by atoms with Crippen LogP contribution < -0.4 is 4.74 Å². The minimum atomic E-state index is -1.66. The van der Waals surface area contributed by atoms with Gasteiger partial charge in [-0.3, -0.25) is 0 Å². The average molecular weight is 406 g/mol. The van der Waals surface area contributed by atoms with Crippen molar-refractivity contribution >= 4 is 12.2 Å². The molecule has 0 aliphatic carbocycles. The van der Waals surface area contributed by atoms with Crippen LogP contribution in [0.25, 0.3) is 12.2 Å². The van der Waals surface area contributed by atoms with Gasteiger partial charge in [-0.2, -0.15) is 0 Å². The zero-order valence-electron chi connectivity index (χ0n) is 15.2. The Hall–Kier alpha value is -2.82. The van der Waals surface area contributed by atoms with Crippen LogP contribution in [0.1, 0.15) is 11.1 Å². The highest BCUT2D eigenvalue weighted by atomic mass is 16.7. The fraction of sp³-hybridized carbons (Fsp3) is 0.300. The second-order valence-electron chi connectivity index (χ2n) is 6.62. The van der Waals surface area contributed by atoms with Gasteiger partial charge < -0.3 is 45.2 Å². The number of aromatic hydroxyl groups is 3. The molecule has 9 heteroatoms. The Morgan fingerprint density at radius 3 is 2.21 bits per heavy atom. The quantitative estimate of drug-likeness (QED) is 0.343. The Morgan fingerprint density at radius 2 is 1.55 bits per heavy atom. The number of ether oxygens (including phenoxy) is 2. The van der Waals surface area contributed by atoms with Crippen LogP contribution in [0.4, 0.5) is 0 Å². The highest BCUT2D eigenvalue weighted by Crippen LogP contribution is 2.38. The van der Waals surface area contributed by atoms with Gasteiger partial charge in [0.1, 0.15) is 35.9 Å². The smallest absolute Gasteiger partial charge is 0.229 e. The van der Waals surface area contributed by atoms with E-state index in [9.17, 15) is 35.7 Å². The number of aliphatic hydroxyl groups is 4. The highest BCUT2D eigenvalue weighted by molar-refractivity contribution is 5.75. The van der Waals surface area contributed by atoms with Gasteiger partial charge in [-0.05, 0) is 23.8 Å². The second kappa shape index (κ2) is 8.68. The monoisotopic (exact) mass is 406 g/mol. The largest absolute Gasteiger partial charge is 0.508 e. The van der Waals surface area contributed by atoms with Gasteiger partial charge in [-0.25, -0.2) is 0 Å². The van der Waals surface area contributed by atoms with Crippen molar-refractivity contribution < 1.29 is 45.2 Å². The van der Waals surface area contributed by atoms with Crippen molar-refractivity contribution in [2.24, 2.45) is 0 Å². The van der Waals surface area contributed by atoms with Crippen LogP contribution in [0.3, 0.4) is 0 Å². The van der Waals surface area contributed by atoms with E-state index in [1.54, 1.807) is 18.2 Å². The van der Waals surface area contributed by atoms with E-state index in [0.29, 0.717) is 5.56 Å². The van der Waals surface area contributed by atoms with Crippen LogP contribution in [0.15, 0.2) is 36.4 Å². The van der Waals surface area contributed by atoms with Crippen molar-refractivity contribution in [2.45, 2.75) is 30.7 Å². The van der Waals surface area contributed by atoms with Gasteiger partial charge in [-0.15, -0.1) is 0 Å². The molecule has 2 aromatic rings. The molecular formula is C20H22O9. The molecule has 2 aromatic carbocycles. The zero-order chi connectivity index (χ0) is 21.1. The van der Waals surface area contributed by atoms with Crippen LogP contribution in [0.5, 0.6) is 23.0 Å². The van der Waals surface area contributed by atoms with Gasteiger partial charge in [-0.1, -0.05) is 24.3 Å². The fourth-order valence-corrected chi connectivity index (χ4v) is 2.92. The Balaban J connectivity index is 1.89. The molecule has 29 heavy (non-hydrogen) atoms. The van der Waals surface area contributed by atoms with Gasteiger partial charge in [0.15, 0.2) is 11.5 Å². The summed E-state index contributed by atoms with van der Waals surface area (Å²) in [4.78, 5) is 0. The van der Waals surface area contributed by atoms with Crippen LogP contribution in [-0.2, 0) is 4.74 Å². The Morgan fingerprint density at radius 1 is 0.862 bits per heavy atom. The molecule has 9 nitrogen and oxygen atoms in total. The molecule has 7 N–H and O–H groups in total. The number of hydrogen-bond acceptors (Lipinski definition) is 9. The normalized spacial score (nSPS) is 27.2. The molecule has 5 atom stereocenters. The molecule has 156 valence electrons. The van der Waals surface area contributed by atoms with E-state index in [-0.39, 0.29) is 22.8 Å². The van der Waals surface area contributed by atoms with E-state index in [2.05, 4.69) is 0 Å². The van der Waals surface area contributed by atoms with E-state index in [1.165, 1.54) is 24.3 Å². The first-order valence-corrected chi connectivity index (χ1v) is 8.80. The zero-order valence-corrected chi connectivity index (χ0v) is 15.2. The van der Waals surface area contributed by atoms with Crippen LogP contribution in [0, 0.1) is 0 Å². The summed E-state index contributed by atoms with van der Waals surface area (Å²) in [6.07, 6.45) is -4.36. The first-order chi connectivity index (χ1) is 13.8. The molecule has 1 saturated heterocycles. The maximum Gasteiger partial charge on any atom is 0.229 e. The van der Waals surface area contributed by atoms with Gasteiger partial charge >= 0.3 is 0 Å². The molecule has 0 amide bonds. The molecule has 0 saturated carbocycles. The van der Waals surface area contributed by atoms with Crippen LogP contribution >= 0.6 is 0 Å². The predicted octanol–water partition coefficient (Wildman–Crippen LogP) is 0.152.